The summed E-state index contributed by atoms with van der Waals surface area (Å²) < 4.78 is 89.1. The Morgan fingerprint density at radius 1 is 0.489 bits per heavy atom. The van der Waals surface area contributed by atoms with E-state index in [1.807, 2.05) is 240 Å². The first-order valence-corrected chi connectivity index (χ1v) is 48.3. The molecule has 11 heterocycles. The number of rotatable bonds is 10. The number of oxazole rings is 4. The molecule has 6 aromatic carbocycles. The number of fused-ring (bicyclic) bond motifs is 5. The SMILES string of the molecule is C.C.C.C.C.C.C.CC1(C)OB(B2OC(C)(C)C(C)(C)O2)OC1(C)C.CCI.CCn1c(=O)oc2ccc(-c3c[nH]c(=O)cc3C)cc21.CCn1c(=O)oc2ccc(-c3cnc(OC)cc3C)cc21.CCn1c(=O)oc2ccc(B3OC(C)(C)C(C)(C)O3)cc21.CCn1c(=O)oc2ccc(Br)cc21.COc1cc(C)c(Br)cn1.Nc1cc(Br)ccc1O.O=C1Cc2cc(Br)ccc2O1.[2H]CI.[CH2-]CC.[V]. The van der Waals surface area contributed by atoms with Crippen LogP contribution in [0.25, 0.3) is 66.7 Å². The van der Waals surface area contributed by atoms with Gasteiger partial charge in [-0.05, 0) is 281 Å². The zero-order valence-electron chi connectivity index (χ0n) is 79.6. The monoisotopic (exact) mass is 2440 g/mol. The summed E-state index contributed by atoms with van der Waals surface area (Å²) in [6, 6.07) is 38.2. The van der Waals surface area contributed by atoms with Crippen LogP contribution in [0.1, 0.15) is 207 Å². The Morgan fingerprint density at radius 3 is 1.21 bits per heavy atom. The summed E-state index contributed by atoms with van der Waals surface area (Å²) in [6.07, 6.45) is 6.60. The number of benzene rings is 6. The molecule has 13 aromatic rings. The molecule has 0 spiro atoms. The van der Waals surface area contributed by atoms with Crippen molar-refractivity contribution in [3.05, 3.63) is 246 Å². The Kier molecular flexibility index (Phi) is 55.6. The molecule has 28 nitrogen and oxygen atoms in total. The summed E-state index contributed by atoms with van der Waals surface area (Å²) in [7, 11) is 1.82. The number of nitrogens with zero attached hydrogens (tertiary/aromatic N) is 6. The first kappa shape index (κ1) is 131. The number of aromatic hydroxyl groups is 1. The minimum atomic E-state index is -0.476. The van der Waals surface area contributed by atoms with Gasteiger partial charge in [0.15, 0.2) is 22.3 Å². The van der Waals surface area contributed by atoms with Crippen molar-refractivity contribution in [3.63, 3.8) is 0 Å². The molecule has 3 fully saturated rings. The third-order valence-corrected chi connectivity index (χ3v) is 24.4. The maximum absolute atomic E-state index is 11.7. The molecule has 0 amide bonds. The number of anilines is 1. The first-order chi connectivity index (χ1) is 62.0. The van der Waals surface area contributed by atoms with Gasteiger partial charge in [-0.3, -0.25) is 27.9 Å². The molecule has 0 bridgehead atoms. The molecule has 0 aliphatic carbocycles. The van der Waals surface area contributed by atoms with Crippen LogP contribution in [-0.4, -0.2) is 123 Å². The summed E-state index contributed by atoms with van der Waals surface area (Å²) in [6.45, 7) is 47.8. The Balaban J connectivity index is 0. The van der Waals surface area contributed by atoms with Gasteiger partial charge in [0.2, 0.25) is 17.3 Å². The van der Waals surface area contributed by atoms with Crippen molar-refractivity contribution in [1.82, 2.24) is 33.2 Å². The Labute approximate surface area is 896 Å². The number of hydrogen-bond acceptors (Lipinski definition) is 23. The van der Waals surface area contributed by atoms with Crippen LogP contribution >= 0.6 is 109 Å². The quantitative estimate of drug-likeness (QED) is 0.0167. The van der Waals surface area contributed by atoms with E-state index in [0.717, 1.165) is 96.3 Å². The van der Waals surface area contributed by atoms with Crippen LogP contribution in [-0.2, 0) is 83.9 Å². The minimum absolute atomic E-state index is 0. The molecule has 0 unspecified atom stereocenters. The van der Waals surface area contributed by atoms with E-state index in [4.69, 9.17) is 72.0 Å². The zero-order chi connectivity index (χ0) is 98.5. The average Bonchev–Trinajstić information content (AvgIpc) is 1.59. The predicted molar refractivity (Wildman–Crippen MR) is 600 cm³/mol. The number of hydrogen-bond donors (Lipinski definition) is 3. The van der Waals surface area contributed by atoms with Gasteiger partial charge in [-0.2, -0.15) is 6.42 Å². The number of aromatic nitrogens is 7. The molecular weight excluding hydrogens is 2300 g/mol. The maximum atomic E-state index is 11.7. The number of esters is 1. The van der Waals surface area contributed by atoms with Gasteiger partial charge in [-0.1, -0.05) is 177 Å². The van der Waals surface area contributed by atoms with Gasteiger partial charge >= 0.3 is 50.1 Å². The zero-order valence-corrected chi connectivity index (χ0v) is 90.7. The molecule has 7 aromatic heterocycles. The normalized spacial score (nSPS) is 14.3. The fraction of sp³-hybridized carbons (Fsp3) is 0.436. The number of phenols is 1. The van der Waals surface area contributed by atoms with Crippen LogP contribution < -0.4 is 54.0 Å². The molecular formula is C101H144B3Br4I2N8O20V-. The number of halogens is 6. The van der Waals surface area contributed by atoms with Crippen LogP contribution in [0.2, 0.25) is 0 Å². The summed E-state index contributed by atoms with van der Waals surface area (Å²) in [5, 5.41) is 8.90. The van der Waals surface area contributed by atoms with Crippen molar-refractivity contribution < 1.29 is 89.6 Å². The number of phenolic OH excluding ortho intramolecular Hbond substituents is 1. The van der Waals surface area contributed by atoms with E-state index in [1.54, 1.807) is 99.6 Å². The number of nitrogen functional groups attached to an aromatic ring is 1. The average molecular weight is 2450 g/mol. The van der Waals surface area contributed by atoms with Gasteiger partial charge in [-0.25, -0.2) is 29.1 Å². The summed E-state index contributed by atoms with van der Waals surface area (Å²) >= 11 is 17.5. The molecule has 38 heteroatoms. The molecule has 1 radical (unpaired) electrons. The first-order valence-electron chi connectivity index (χ1n) is 42.8. The number of methoxy groups -OCH3 is 2. The number of H-pyrrole nitrogens is 1. The Bertz CT molecular complexity index is 6330. The van der Waals surface area contributed by atoms with Crippen molar-refractivity contribution in [3.8, 4) is 45.5 Å². The van der Waals surface area contributed by atoms with E-state index in [0.29, 0.717) is 83.0 Å². The van der Waals surface area contributed by atoms with E-state index < -0.39 is 21.1 Å². The van der Waals surface area contributed by atoms with Crippen LogP contribution in [0, 0.1) is 27.7 Å². The molecule has 765 valence electrons. The van der Waals surface area contributed by atoms with Crippen molar-refractivity contribution in [2.24, 2.45) is 0 Å². The van der Waals surface area contributed by atoms with E-state index in [1.165, 1.54) is 4.43 Å². The van der Waals surface area contributed by atoms with Crippen molar-refractivity contribution in [2.45, 2.75) is 270 Å². The second-order valence-electron chi connectivity index (χ2n) is 32.8. The van der Waals surface area contributed by atoms with Gasteiger partial charge < -0.3 is 82.6 Å². The van der Waals surface area contributed by atoms with Gasteiger partial charge in [0.05, 0.1) is 82.0 Å². The number of pyridine rings is 3. The van der Waals surface area contributed by atoms with Crippen molar-refractivity contribution in [2.75, 3.05) is 29.3 Å². The smallest absolute Gasteiger partial charge is 0.494 e. The summed E-state index contributed by atoms with van der Waals surface area (Å²) in [4.78, 5) is 79.8. The number of aromatic amines is 1. The molecule has 0 saturated carbocycles. The topological polar surface area (TPSA) is 346 Å². The number of aryl methyl sites for hydroxylation is 7. The molecule has 139 heavy (non-hydrogen) atoms. The van der Waals surface area contributed by atoms with E-state index in [2.05, 4.69) is 115 Å². The summed E-state index contributed by atoms with van der Waals surface area (Å²) in [5.74, 6) is 0.586. The van der Waals surface area contributed by atoms with Gasteiger partial charge in [0.25, 0.3) is 0 Å². The Morgan fingerprint density at radius 2 is 0.827 bits per heavy atom. The third kappa shape index (κ3) is 34.2. The molecule has 17 rings (SSSR count). The number of carbonyl (C=O) groups excluding carboxylic acids is 1. The van der Waals surface area contributed by atoms with Crippen LogP contribution in [0.3, 0.4) is 0 Å². The number of carbonyl (C=O) groups is 1. The predicted octanol–water partition coefficient (Wildman–Crippen LogP) is 25.8. The molecule has 4 aliphatic heterocycles. The minimum Gasteiger partial charge on any atom is -0.506 e. The number of nitrogens with one attached hydrogen (secondary N) is 1. The second-order valence-corrected chi connectivity index (χ2v) is 37.9. The number of alkyl halides is 2. The summed E-state index contributed by atoms with van der Waals surface area (Å²) in [5.41, 5.74) is 17.8. The fourth-order valence-corrected chi connectivity index (χ4v) is 14.3. The van der Waals surface area contributed by atoms with Crippen LogP contribution in [0.4, 0.5) is 5.69 Å². The molecule has 0 atom stereocenters. The van der Waals surface area contributed by atoms with Crippen LogP contribution in [0.5, 0.6) is 23.3 Å². The largest absolute Gasteiger partial charge is 0.506 e. The van der Waals surface area contributed by atoms with E-state index in [-0.39, 0.29) is 144 Å². The Hall–Kier alpha value is -7.76. The third-order valence-electron chi connectivity index (χ3n) is 22.1. The number of nitrogens with two attached hydrogens (primary N) is 1. The van der Waals surface area contributed by atoms with Crippen molar-refractivity contribution in [1.29, 1.82) is 0 Å². The van der Waals surface area contributed by atoms with E-state index >= 15 is 0 Å². The van der Waals surface area contributed by atoms with Crippen molar-refractivity contribution >= 4 is 192 Å². The van der Waals surface area contributed by atoms with Gasteiger partial charge in [0, 0.05) is 117 Å². The molecule has 3 saturated heterocycles. The molecule has 4 aliphatic rings. The fourth-order valence-electron chi connectivity index (χ4n) is 13.0. The van der Waals surface area contributed by atoms with Gasteiger partial charge in [-0.15, -0.1) is 0 Å². The van der Waals surface area contributed by atoms with E-state index in [9.17, 15) is 28.8 Å². The second kappa shape index (κ2) is 58.9. The molecule has 4 N–H and O–H groups in total. The number of ether oxygens (including phenoxy) is 3. The standard InChI is InChI=1S/C16H16N2O3.C15H20BNO4.C15H14N2O3.C12H24B2O4.C9H8BrNO2.C8H5BrO2.C7H8BrNO.C6H6BrNO.C3H7.C2H5I.CH3I.7CH4.V/c1-4-18-13-8-11(5-6-14(13)21-16(18)19)12-9-17-15(20-3)7-10(12)2;1-6-17-11-9-10(7-8-12(11)19-13(17)18)16-20-14(2,3)15(4,5)21-16;1-3-17-12-7-10(4-5-13(12)20-15(17)19)11-8-16-14(18)6-9(11)2;1-9(2)10(3,4)16-13(15-9)14-17-11(5,6)12(7,8)18-14;1-2-11-7-5-6(10)3-4-8(7)13-9(11)12;9-6-1-2-7-5(3-6)4-8(10)11-7;1-5-3-7(10-2)9-4-6(5)8;7-4-1-2-6(9)5(8)3-4;1-3-2;1-2-3;1-2;;;;;;;;/h5-9H,4H2,1-3H3;7-9H,6H2,1-5H3;4-8H,3H2,1-2H3,(H,16,18);1-8H3;3-5H,2H2,1H3;1-3H,4H2;3-4H,1-2H3;1-3,9H,8H2;1,3H2,2H3;2H2,1H3;1H3;7*1H4;/q;;;;;;;;-1;;;;;;;;;;/i;;;;;;;;;;1D;;;;;;;;. The van der Waals surface area contributed by atoms with Crippen LogP contribution in [0.15, 0.2) is 206 Å². The van der Waals surface area contributed by atoms with Gasteiger partial charge in [0.1, 0.15) is 11.5 Å². The maximum Gasteiger partial charge on any atom is 0.494 e.